The first kappa shape index (κ1) is 12.8. The van der Waals surface area contributed by atoms with Gasteiger partial charge in [-0.1, -0.05) is 25.4 Å². The highest BCUT2D eigenvalue weighted by Gasteiger charge is 2.13. The summed E-state index contributed by atoms with van der Waals surface area (Å²) in [4.78, 5) is 13.6. The second-order valence-electron chi connectivity index (χ2n) is 3.76. The standard InChI is InChI=1S/C12H14ClNO2/c1-8(2)12-10(13)4-9(6-14-7-15)5-11(12)16-3/h4-5,8H,6H2,1-3H3. The number of carbonyl (C=O) groups excluding carboxylic acids is 1. The van der Waals surface area contributed by atoms with Crippen LogP contribution in [0.25, 0.3) is 0 Å². The molecule has 4 heteroatoms. The SMILES string of the molecule is COc1cc(CN=C=O)cc(Cl)c1C(C)C. The Kier molecular flexibility index (Phi) is 4.53. The third-order valence-electron chi connectivity index (χ3n) is 2.27. The molecule has 0 aliphatic rings. The maximum atomic E-state index is 10.0. The average molecular weight is 240 g/mol. The summed E-state index contributed by atoms with van der Waals surface area (Å²) in [6, 6.07) is 3.66. The Morgan fingerprint density at radius 2 is 2.19 bits per heavy atom. The van der Waals surface area contributed by atoms with E-state index in [2.05, 4.69) is 4.99 Å². The lowest BCUT2D eigenvalue weighted by atomic mass is 10.00. The first-order valence-electron chi connectivity index (χ1n) is 5.00. The Balaban J connectivity index is 3.20. The normalized spacial score (nSPS) is 10.1. The van der Waals surface area contributed by atoms with Gasteiger partial charge in [0.05, 0.1) is 13.7 Å². The molecule has 0 heterocycles. The minimum absolute atomic E-state index is 0.276. The van der Waals surface area contributed by atoms with Crippen molar-refractivity contribution in [1.29, 1.82) is 0 Å². The van der Waals surface area contributed by atoms with Gasteiger partial charge in [-0.2, -0.15) is 0 Å². The molecule has 0 aliphatic carbocycles. The van der Waals surface area contributed by atoms with Crippen LogP contribution in [0.2, 0.25) is 5.02 Å². The fourth-order valence-corrected chi connectivity index (χ4v) is 2.04. The van der Waals surface area contributed by atoms with Gasteiger partial charge >= 0.3 is 0 Å². The molecule has 0 bridgehead atoms. The molecule has 0 saturated carbocycles. The van der Waals surface area contributed by atoms with Crippen LogP contribution in [0.4, 0.5) is 0 Å². The summed E-state index contributed by atoms with van der Waals surface area (Å²) in [5.74, 6) is 1.02. The van der Waals surface area contributed by atoms with E-state index in [-0.39, 0.29) is 12.5 Å². The van der Waals surface area contributed by atoms with Gasteiger partial charge in [-0.15, -0.1) is 0 Å². The summed E-state index contributed by atoms with van der Waals surface area (Å²) in [5.41, 5.74) is 1.82. The molecule has 0 radical (unpaired) electrons. The fourth-order valence-electron chi connectivity index (χ4n) is 1.59. The number of rotatable bonds is 4. The molecule has 86 valence electrons. The van der Waals surface area contributed by atoms with Crippen molar-refractivity contribution >= 4 is 17.7 Å². The third-order valence-corrected chi connectivity index (χ3v) is 2.59. The van der Waals surface area contributed by atoms with E-state index in [1.807, 2.05) is 19.9 Å². The molecule has 0 unspecified atom stereocenters. The second kappa shape index (κ2) is 5.69. The van der Waals surface area contributed by atoms with Crippen molar-refractivity contribution in [2.45, 2.75) is 26.3 Å². The van der Waals surface area contributed by atoms with Crippen LogP contribution in [0.15, 0.2) is 17.1 Å². The zero-order chi connectivity index (χ0) is 12.1. The van der Waals surface area contributed by atoms with E-state index in [0.29, 0.717) is 5.02 Å². The summed E-state index contributed by atoms with van der Waals surface area (Å²) in [6.45, 7) is 4.37. The molecule has 0 spiro atoms. The minimum Gasteiger partial charge on any atom is -0.496 e. The minimum atomic E-state index is 0.276. The fraction of sp³-hybridized carbons (Fsp3) is 0.417. The molecule has 0 N–H and O–H groups in total. The number of halogens is 1. The monoisotopic (exact) mass is 239 g/mol. The van der Waals surface area contributed by atoms with Gasteiger partial charge in [0.25, 0.3) is 0 Å². The second-order valence-corrected chi connectivity index (χ2v) is 4.16. The van der Waals surface area contributed by atoms with E-state index in [1.165, 1.54) is 6.08 Å². The predicted octanol–water partition coefficient (Wildman–Crippen LogP) is 3.31. The van der Waals surface area contributed by atoms with Gasteiger partial charge < -0.3 is 4.74 Å². The van der Waals surface area contributed by atoms with Crippen LogP contribution in [-0.4, -0.2) is 13.2 Å². The Labute approximate surface area is 100 Å². The van der Waals surface area contributed by atoms with Crippen molar-refractivity contribution in [2.24, 2.45) is 4.99 Å². The smallest absolute Gasteiger partial charge is 0.235 e. The van der Waals surface area contributed by atoms with Gasteiger partial charge in [0.1, 0.15) is 5.75 Å². The Bertz CT molecular complexity index is 423. The molecule has 0 aliphatic heterocycles. The van der Waals surface area contributed by atoms with Crippen LogP contribution in [-0.2, 0) is 11.3 Å². The molecule has 0 saturated heterocycles. The molecule has 0 fully saturated rings. The lowest BCUT2D eigenvalue weighted by molar-refractivity contribution is 0.407. The van der Waals surface area contributed by atoms with Gasteiger partial charge in [-0.05, 0) is 23.6 Å². The van der Waals surface area contributed by atoms with E-state index in [9.17, 15) is 4.79 Å². The number of benzene rings is 1. The molecule has 0 amide bonds. The zero-order valence-corrected chi connectivity index (χ0v) is 10.3. The summed E-state index contributed by atoms with van der Waals surface area (Å²) in [5, 5.41) is 0.644. The topological polar surface area (TPSA) is 38.7 Å². The highest BCUT2D eigenvalue weighted by Crippen LogP contribution is 2.34. The summed E-state index contributed by atoms with van der Waals surface area (Å²) in [7, 11) is 1.60. The number of ether oxygens (including phenoxy) is 1. The third kappa shape index (κ3) is 2.84. The Hall–Kier alpha value is -1.31. The van der Waals surface area contributed by atoms with Gasteiger partial charge in [0.2, 0.25) is 6.08 Å². The zero-order valence-electron chi connectivity index (χ0n) is 9.58. The summed E-state index contributed by atoms with van der Waals surface area (Å²) >= 11 is 6.17. The lowest BCUT2D eigenvalue weighted by Gasteiger charge is -2.14. The van der Waals surface area contributed by atoms with Crippen molar-refractivity contribution in [3.05, 3.63) is 28.3 Å². The number of isocyanates is 1. The number of nitrogens with zero attached hydrogens (tertiary/aromatic N) is 1. The highest BCUT2D eigenvalue weighted by molar-refractivity contribution is 6.31. The molecular formula is C12H14ClNO2. The molecule has 1 rings (SSSR count). The van der Waals surface area contributed by atoms with E-state index < -0.39 is 0 Å². The summed E-state index contributed by atoms with van der Waals surface area (Å²) in [6.07, 6.45) is 1.50. The number of hydrogen-bond acceptors (Lipinski definition) is 3. The van der Waals surface area contributed by atoms with Crippen molar-refractivity contribution in [3.8, 4) is 5.75 Å². The molecule has 3 nitrogen and oxygen atoms in total. The lowest BCUT2D eigenvalue weighted by Crippen LogP contribution is -1.97. The largest absolute Gasteiger partial charge is 0.496 e. The van der Waals surface area contributed by atoms with Crippen LogP contribution >= 0.6 is 11.6 Å². The predicted molar refractivity (Wildman–Crippen MR) is 63.9 cm³/mol. The van der Waals surface area contributed by atoms with Gasteiger partial charge in [0.15, 0.2) is 0 Å². The summed E-state index contributed by atoms with van der Waals surface area (Å²) < 4.78 is 5.28. The van der Waals surface area contributed by atoms with E-state index >= 15 is 0 Å². The van der Waals surface area contributed by atoms with E-state index in [1.54, 1.807) is 13.2 Å². The number of aliphatic imine (C=N–C) groups is 1. The van der Waals surface area contributed by atoms with Crippen LogP contribution in [0.5, 0.6) is 5.75 Å². The quantitative estimate of drug-likeness (QED) is 0.597. The molecule has 1 aromatic carbocycles. The molecule has 16 heavy (non-hydrogen) atoms. The van der Waals surface area contributed by atoms with Crippen molar-refractivity contribution < 1.29 is 9.53 Å². The number of methoxy groups -OCH3 is 1. The maximum Gasteiger partial charge on any atom is 0.235 e. The van der Waals surface area contributed by atoms with Gasteiger partial charge in [0, 0.05) is 10.6 Å². The van der Waals surface area contributed by atoms with Crippen LogP contribution in [0.1, 0.15) is 30.9 Å². The molecule has 1 aromatic rings. The first-order valence-corrected chi connectivity index (χ1v) is 5.37. The van der Waals surface area contributed by atoms with Gasteiger partial charge in [-0.3, -0.25) is 0 Å². The average Bonchev–Trinajstić information content (AvgIpc) is 2.24. The first-order chi connectivity index (χ1) is 7.60. The number of hydrogen-bond donors (Lipinski definition) is 0. The maximum absolute atomic E-state index is 10.0. The highest BCUT2D eigenvalue weighted by atomic mass is 35.5. The van der Waals surface area contributed by atoms with Crippen molar-refractivity contribution in [3.63, 3.8) is 0 Å². The van der Waals surface area contributed by atoms with Crippen LogP contribution in [0.3, 0.4) is 0 Å². The Morgan fingerprint density at radius 3 is 2.69 bits per heavy atom. The molecule has 0 atom stereocenters. The molecule has 0 aromatic heterocycles. The van der Waals surface area contributed by atoms with E-state index in [4.69, 9.17) is 16.3 Å². The van der Waals surface area contributed by atoms with Crippen LogP contribution in [0, 0.1) is 0 Å². The Morgan fingerprint density at radius 1 is 1.50 bits per heavy atom. The van der Waals surface area contributed by atoms with Gasteiger partial charge in [-0.25, -0.2) is 9.79 Å². The van der Waals surface area contributed by atoms with Crippen LogP contribution < -0.4 is 4.74 Å². The van der Waals surface area contributed by atoms with Crippen molar-refractivity contribution in [1.82, 2.24) is 0 Å². The van der Waals surface area contributed by atoms with E-state index in [0.717, 1.165) is 16.9 Å². The molecular weight excluding hydrogens is 226 g/mol. The van der Waals surface area contributed by atoms with Crippen molar-refractivity contribution in [2.75, 3.05) is 7.11 Å².